The van der Waals surface area contributed by atoms with Gasteiger partial charge in [-0.3, -0.25) is 4.79 Å². The molecule has 0 aliphatic heterocycles. The first-order chi connectivity index (χ1) is 9.24. The van der Waals surface area contributed by atoms with Crippen molar-refractivity contribution in [3.8, 4) is 5.75 Å². The zero-order valence-corrected chi connectivity index (χ0v) is 11.1. The van der Waals surface area contributed by atoms with E-state index >= 15 is 0 Å². The molecular formula is C15H18N2O2. The highest BCUT2D eigenvalue weighted by Gasteiger charge is 2.06. The first kappa shape index (κ1) is 13.2. The second-order valence-corrected chi connectivity index (χ2v) is 4.19. The van der Waals surface area contributed by atoms with Gasteiger partial charge in [-0.15, -0.1) is 6.58 Å². The Hall–Kier alpha value is -2.23. The number of carbonyl (C=O) groups is 1. The van der Waals surface area contributed by atoms with Gasteiger partial charge >= 0.3 is 0 Å². The number of nitrogens with zero attached hydrogens (tertiary/aromatic N) is 1. The van der Waals surface area contributed by atoms with Crippen molar-refractivity contribution >= 4 is 16.8 Å². The Balaban J connectivity index is 2.16. The minimum atomic E-state index is -0.0220. The van der Waals surface area contributed by atoms with Crippen LogP contribution in [0.1, 0.15) is 6.92 Å². The molecule has 0 bridgehead atoms. The maximum Gasteiger partial charge on any atom is 0.240 e. The van der Waals surface area contributed by atoms with Gasteiger partial charge in [-0.2, -0.15) is 0 Å². The molecule has 0 aliphatic rings. The Morgan fingerprint density at radius 2 is 2.32 bits per heavy atom. The second kappa shape index (κ2) is 6.09. The first-order valence-electron chi connectivity index (χ1n) is 6.34. The van der Waals surface area contributed by atoms with E-state index in [1.54, 1.807) is 6.08 Å². The maximum absolute atomic E-state index is 11.7. The Morgan fingerprint density at radius 3 is 3.05 bits per heavy atom. The van der Waals surface area contributed by atoms with E-state index in [1.165, 1.54) is 0 Å². The summed E-state index contributed by atoms with van der Waals surface area (Å²) in [5.41, 5.74) is 1.03. The largest absolute Gasteiger partial charge is 0.494 e. The van der Waals surface area contributed by atoms with E-state index in [0.717, 1.165) is 16.7 Å². The lowest BCUT2D eigenvalue weighted by Gasteiger charge is -2.07. The lowest BCUT2D eigenvalue weighted by Crippen LogP contribution is -2.27. The predicted molar refractivity (Wildman–Crippen MR) is 76.3 cm³/mol. The summed E-state index contributed by atoms with van der Waals surface area (Å²) in [6.45, 7) is 6.98. The highest BCUT2D eigenvalue weighted by molar-refractivity contribution is 5.84. The van der Waals surface area contributed by atoms with Crippen molar-refractivity contribution in [1.29, 1.82) is 0 Å². The fourth-order valence-corrected chi connectivity index (χ4v) is 1.97. The van der Waals surface area contributed by atoms with Gasteiger partial charge in [-0.1, -0.05) is 6.08 Å². The number of aromatic nitrogens is 1. The number of benzene rings is 1. The zero-order chi connectivity index (χ0) is 13.7. The van der Waals surface area contributed by atoms with Crippen molar-refractivity contribution in [2.24, 2.45) is 0 Å². The minimum absolute atomic E-state index is 0.0220. The average Bonchev–Trinajstić information content (AvgIpc) is 2.79. The number of rotatable bonds is 6. The van der Waals surface area contributed by atoms with Crippen LogP contribution in [0.2, 0.25) is 0 Å². The van der Waals surface area contributed by atoms with Crippen LogP contribution in [0.3, 0.4) is 0 Å². The van der Waals surface area contributed by atoms with Crippen LogP contribution in [0, 0.1) is 0 Å². The third-order valence-corrected chi connectivity index (χ3v) is 2.81. The van der Waals surface area contributed by atoms with E-state index in [9.17, 15) is 4.79 Å². The standard InChI is InChI=1S/C15H18N2O2/c1-3-8-16-15(18)11-17-9-7-12-10-13(19-4-2)5-6-14(12)17/h3,5-7,9-10H,1,4,8,11H2,2H3,(H,16,18). The number of nitrogens with one attached hydrogen (secondary N) is 1. The number of hydrogen-bond donors (Lipinski definition) is 1. The van der Waals surface area contributed by atoms with Gasteiger partial charge in [0.05, 0.1) is 6.61 Å². The monoisotopic (exact) mass is 258 g/mol. The molecule has 0 saturated carbocycles. The molecule has 0 spiro atoms. The molecule has 0 radical (unpaired) electrons. The topological polar surface area (TPSA) is 43.3 Å². The van der Waals surface area contributed by atoms with Gasteiger partial charge in [0.2, 0.25) is 5.91 Å². The van der Waals surface area contributed by atoms with Crippen LogP contribution in [0.15, 0.2) is 43.1 Å². The molecule has 4 heteroatoms. The van der Waals surface area contributed by atoms with E-state index in [2.05, 4.69) is 11.9 Å². The highest BCUT2D eigenvalue weighted by atomic mass is 16.5. The van der Waals surface area contributed by atoms with Gasteiger partial charge in [0.15, 0.2) is 0 Å². The third kappa shape index (κ3) is 3.16. The smallest absolute Gasteiger partial charge is 0.240 e. The molecule has 4 nitrogen and oxygen atoms in total. The molecule has 0 unspecified atom stereocenters. The summed E-state index contributed by atoms with van der Waals surface area (Å²) in [5.74, 6) is 0.829. The summed E-state index contributed by atoms with van der Waals surface area (Å²) in [6.07, 6.45) is 3.58. The summed E-state index contributed by atoms with van der Waals surface area (Å²) in [7, 11) is 0. The van der Waals surface area contributed by atoms with Gasteiger partial charge in [-0.25, -0.2) is 0 Å². The van der Waals surface area contributed by atoms with Crippen molar-refractivity contribution in [2.75, 3.05) is 13.2 Å². The van der Waals surface area contributed by atoms with Crippen LogP contribution in [-0.4, -0.2) is 23.6 Å². The van der Waals surface area contributed by atoms with E-state index in [4.69, 9.17) is 4.74 Å². The molecular weight excluding hydrogens is 240 g/mol. The average molecular weight is 258 g/mol. The summed E-state index contributed by atoms with van der Waals surface area (Å²) in [4.78, 5) is 11.7. The molecule has 1 aromatic carbocycles. The van der Waals surface area contributed by atoms with Crippen molar-refractivity contribution < 1.29 is 9.53 Å². The highest BCUT2D eigenvalue weighted by Crippen LogP contribution is 2.22. The fourth-order valence-electron chi connectivity index (χ4n) is 1.97. The lowest BCUT2D eigenvalue weighted by atomic mass is 10.2. The van der Waals surface area contributed by atoms with Gasteiger partial charge in [0, 0.05) is 23.6 Å². The molecule has 0 saturated heterocycles. The summed E-state index contributed by atoms with van der Waals surface area (Å²) < 4.78 is 7.38. The first-order valence-corrected chi connectivity index (χ1v) is 6.34. The summed E-state index contributed by atoms with van der Waals surface area (Å²) >= 11 is 0. The summed E-state index contributed by atoms with van der Waals surface area (Å²) in [5, 5.41) is 3.84. The van der Waals surface area contributed by atoms with Crippen LogP contribution in [0.5, 0.6) is 5.75 Å². The van der Waals surface area contributed by atoms with Gasteiger partial charge < -0.3 is 14.6 Å². The Kier molecular flexibility index (Phi) is 4.23. The molecule has 0 fully saturated rings. The normalized spacial score (nSPS) is 10.4. The molecule has 100 valence electrons. The van der Waals surface area contributed by atoms with Crippen LogP contribution in [-0.2, 0) is 11.3 Å². The van der Waals surface area contributed by atoms with E-state index in [1.807, 2.05) is 42.0 Å². The molecule has 19 heavy (non-hydrogen) atoms. The molecule has 2 rings (SSSR count). The van der Waals surface area contributed by atoms with Crippen LogP contribution in [0.4, 0.5) is 0 Å². The number of amides is 1. The van der Waals surface area contributed by atoms with Crippen molar-refractivity contribution in [3.63, 3.8) is 0 Å². The van der Waals surface area contributed by atoms with Crippen LogP contribution in [0.25, 0.3) is 10.9 Å². The van der Waals surface area contributed by atoms with Gasteiger partial charge in [-0.05, 0) is 31.2 Å². The summed E-state index contributed by atoms with van der Waals surface area (Å²) in [6, 6.07) is 7.86. The Morgan fingerprint density at radius 1 is 1.47 bits per heavy atom. The SMILES string of the molecule is C=CCNC(=O)Cn1ccc2cc(OCC)ccc21. The number of ether oxygens (including phenoxy) is 1. The van der Waals surface area contributed by atoms with Gasteiger partial charge in [0.25, 0.3) is 0 Å². The van der Waals surface area contributed by atoms with E-state index in [0.29, 0.717) is 19.7 Å². The quantitative estimate of drug-likeness (QED) is 0.808. The predicted octanol–water partition coefficient (Wildman–Crippen LogP) is 2.34. The molecule has 0 atom stereocenters. The maximum atomic E-state index is 11.7. The van der Waals surface area contributed by atoms with Crippen LogP contribution >= 0.6 is 0 Å². The Bertz CT molecular complexity index is 587. The van der Waals surface area contributed by atoms with E-state index in [-0.39, 0.29) is 5.91 Å². The number of carbonyl (C=O) groups excluding carboxylic acids is 1. The molecule has 1 N–H and O–H groups in total. The van der Waals surface area contributed by atoms with E-state index < -0.39 is 0 Å². The molecule has 1 heterocycles. The zero-order valence-electron chi connectivity index (χ0n) is 11.1. The van der Waals surface area contributed by atoms with Crippen molar-refractivity contribution in [2.45, 2.75) is 13.5 Å². The Labute approximate surface area is 112 Å². The number of hydrogen-bond acceptors (Lipinski definition) is 2. The molecule has 2 aromatic rings. The molecule has 0 aliphatic carbocycles. The fraction of sp³-hybridized carbons (Fsp3) is 0.267. The minimum Gasteiger partial charge on any atom is -0.494 e. The third-order valence-electron chi connectivity index (χ3n) is 2.81. The molecule has 1 aromatic heterocycles. The lowest BCUT2D eigenvalue weighted by molar-refractivity contribution is -0.121. The van der Waals surface area contributed by atoms with Crippen molar-refractivity contribution in [3.05, 3.63) is 43.1 Å². The molecule has 1 amide bonds. The van der Waals surface area contributed by atoms with Crippen LogP contribution < -0.4 is 10.1 Å². The number of fused-ring (bicyclic) bond motifs is 1. The van der Waals surface area contributed by atoms with Crippen molar-refractivity contribution in [1.82, 2.24) is 9.88 Å². The van der Waals surface area contributed by atoms with Gasteiger partial charge in [0.1, 0.15) is 12.3 Å². The second-order valence-electron chi connectivity index (χ2n) is 4.19.